The number of fused-ring (bicyclic) bond motifs is 2. The van der Waals surface area contributed by atoms with E-state index in [1.165, 1.54) is 48.5 Å². The zero-order valence-corrected chi connectivity index (χ0v) is 18.5. The highest BCUT2D eigenvalue weighted by Crippen LogP contribution is 2.17. The lowest BCUT2D eigenvalue weighted by Gasteiger charge is -2.12. The molecule has 4 heteroatoms. The molecule has 2 aromatic heterocycles. The van der Waals surface area contributed by atoms with Crippen LogP contribution in [0.15, 0.2) is 97.0 Å². The second kappa shape index (κ2) is 13.6. The molecule has 0 saturated heterocycles. The lowest BCUT2D eigenvalue weighted by atomic mass is 9.96. The number of hydrogen-bond donors (Lipinski definition) is 2. The normalized spacial score (nSPS) is 12.6. The quantitative estimate of drug-likeness (QED) is 0.404. The number of hydrogen-bond acceptors (Lipinski definition) is 4. The third kappa shape index (κ3) is 8.79. The fraction of sp³-hybridized carbons (Fsp3) is 0.222. The maximum Gasteiger partial charge on any atom is 0.0701 e. The fourth-order valence-electron chi connectivity index (χ4n) is 3.12. The molecule has 1 aliphatic rings. The van der Waals surface area contributed by atoms with Crippen molar-refractivity contribution in [3.63, 3.8) is 0 Å². The minimum absolute atomic E-state index is 0.889. The highest BCUT2D eigenvalue weighted by atomic mass is 14.8. The number of nitrogens with one attached hydrogen (secondary N) is 2. The van der Waals surface area contributed by atoms with Crippen molar-refractivity contribution in [2.24, 2.45) is 0 Å². The van der Waals surface area contributed by atoms with Gasteiger partial charge in [-0.15, -0.1) is 0 Å². The van der Waals surface area contributed by atoms with E-state index in [9.17, 15) is 0 Å². The first-order chi connectivity index (χ1) is 15.1. The highest BCUT2D eigenvalue weighted by molar-refractivity contribution is 5.77. The van der Waals surface area contributed by atoms with Gasteiger partial charge in [-0.1, -0.05) is 43.0 Å². The number of aromatic nitrogens is 2. The van der Waals surface area contributed by atoms with E-state index in [1.54, 1.807) is 12.2 Å². The molecule has 4 nitrogen and oxygen atoms in total. The summed E-state index contributed by atoms with van der Waals surface area (Å²) in [5.41, 5.74) is 5.80. The van der Waals surface area contributed by atoms with Crippen molar-refractivity contribution in [2.45, 2.75) is 32.6 Å². The minimum Gasteiger partial charge on any atom is -0.392 e. The molecule has 0 fully saturated rings. The molecule has 0 aliphatic heterocycles. The van der Waals surface area contributed by atoms with Crippen molar-refractivity contribution in [1.82, 2.24) is 15.3 Å². The van der Waals surface area contributed by atoms with Crippen LogP contribution in [-0.4, -0.2) is 23.2 Å². The average Bonchev–Trinajstić information content (AvgIpc) is 2.83. The molecular formula is C27H32N4. The van der Waals surface area contributed by atoms with Crippen molar-refractivity contribution in [2.75, 3.05) is 7.05 Å². The van der Waals surface area contributed by atoms with Crippen LogP contribution in [0.2, 0.25) is 0 Å². The van der Waals surface area contributed by atoms with E-state index in [4.69, 9.17) is 5.41 Å². The zero-order chi connectivity index (χ0) is 22.3. The maximum atomic E-state index is 6.73. The third-order valence-corrected chi connectivity index (χ3v) is 4.81. The summed E-state index contributed by atoms with van der Waals surface area (Å²) in [5, 5.41) is 10.9. The number of pyridine rings is 2. The first kappa shape index (κ1) is 23.7. The summed E-state index contributed by atoms with van der Waals surface area (Å²) in [6.07, 6.45) is 15.4. The van der Waals surface area contributed by atoms with Crippen LogP contribution in [0, 0.1) is 5.41 Å². The molecule has 0 atom stereocenters. The predicted molar refractivity (Wildman–Crippen MR) is 133 cm³/mol. The van der Waals surface area contributed by atoms with E-state index in [0.717, 1.165) is 16.8 Å². The van der Waals surface area contributed by atoms with E-state index >= 15 is 0 Å². The van der Waals surface area contributed by atoms with Gasteiger partial charge in [0, 0.05) is 42.4 Å². The number of nitrogens with zero attached hydrogens (tertiary/aromatic N) is 2. The Hall–Kier alpha value is -3.53. The van der Waals surface area contributed by atoms with Gasteiger partial charge in [-0.25, -0.2) is 0 Å². The molecule has 1 aliphatic carbocycles. The van der Waals surface area contributed by atoms with Gasteiger partial charge in [0.15, 0.2) is 0 Å². The monoisotopic (exact) mass is 412 g/mol. The Morgan fingerprint density at radius 2 is 1.71 bits per heavy atom. The van der Waals surface area contributed by atoms with Crippen molar-refractivity contribution < 1.29 is 0 Å². The summed E-state index contributed by atoms with van der Waals surface area (Å²) in [7, 11) is 1.86. The third-order valence-electron chi connectivity index (χ3n) is 4.81. The lowest BCUT2D eigenvalue weighted by Crippen LogP contribution is -2.03. The van der Waals surface area contributed by atoms with Crippen LogP contribution in [0.25, 0.3) is 10.9 Å². The SMILES string of the molecule is C=C(/C=C\C=N)/C=C(/C)NC.c1ccc2ncccc2c1.c1cnc2c(c1)CCCC2. The van der Waals surface area contributed by atoms with E-state index in [-0.39, 0.29) is 0 Å². The molecule has 4 rings (SSSR count). The average molecular weight is 413 g/mol. The molecule has 0 amide bonds. The van der Waals surface area contributed by atoms with Gasteiger partial charge >= 0.3 is 0 Å². The minimum atomic E-state index is 0.889. The second-order valence-electron chi connectivity index (χ2n) is 7.19. The van der Waals surface area contributed by atoms with E-state index in [2.05, 4.69) is 40.1 Å². The Balaban J connectivity index is 0.000000165. The molecule has 1 aromatic carbocycles. The van der Waals surface area contributed by atoms with Gasteiger partial charge in [-0.2, -0.15) is 0 Å². The van der Waals surface area contributed by atoms with Crippen LogP contribution in [0.1, 0.15) is 31.0 Å². The van der Waals surface area contributed by atoms with E-state index in [0.29, 0.717) is 0 Å². The van der Waals surface area contributed by atoms with Gasteiger partial charge in [0.25, 0.3) is 0 Å². The Kier molecular flexibility index (Phi) is 10.5. The van der Waals surface area contributed by atoms with Gasteiger partial charge in [0.05, 0.1) is 5.52 Å². The van der Waals surface area contributed by atoms with Crippen molar-refractivity contribution in [3.05, 3.63) is 108 Å². The Morgan fingerprint density at radius 3 is 2.45 bits per heavy atom. The summed E-state index contributed by atoms with van der Waals surface area (Å²) < 4.78 is 0. The molecule has 3 aromatic rings. The summed E-state index contributed by atoms with van der Waals surface area (Å²) in [6, 6.07) is 16.3. The van der Waals surface area contributed by atoms with Crippen LogP contribution >= 0.6 is 0 Å². The summed E-state index contributed by atoms with van der Waals surface area (Å²) in [6.45, 7) is 5.74. The van der Waals surface area contributed by atoms with Crippen LogP contribution in [0.4, 0.5) is 0 Å². The molecule has 0 saturated carbocycles. The number of benzene rings is 1. The summed E-state index contributed by atoms with van der Waals surface area (Å²) in [4.78, 5) is 8.50. The molecule has 2 heterocycles. The largest absolute Gasteiger partial charge is 0.392 e. The molecule has 0 bridgehead atoms. The molecule has 0 spiro atoms. The molecule has 2 N–H and O–H groups in total. The highest BCUT2D eigenvalue weighted by Gasteiger charge is 2.07. The van der Waals surface area contributed by atoms with Gasteiger partial charge in [0.2, 0.25) is 0 Å². The van der Waals surface area contributed by atoms with E-state index < -0.39 is 0 Å². The predicted octanol–water partition coefficient (Wildman–Crippen LogP) is 6.07. The number of rotatable bonds is 4. The smallest absolute Gasteiger partial charge is 0.0701 e. The van der Waals surface area contributed by atoms with Crippen molar-refractivity contribution in [3.8, 4) is 0 Å². The number of para-hydroxylation sites is 1. The van der Waals surface area contributed by atoms with Gasteiger partial charge < -0.3 is 10.7 Å². The molecule has 0 radical (unpaired) electrons. The first-order valence-corrected chi connectivity index (χ1v) is 10.6. The van der Waals surface area contributed by atoms with Crippen LogP contribution in [-0.2, 0) is 12.8 Å². The molecule has 160 valence electrons. The molecule has 31 heavy (non-hydrogen) atoms. The standard InChI is InChI=1S/C9H14N2.C9H11N.C9H7N/c1-8(5-4-6-10)7-9(2)11-3;2*1-2-6-9-8(4-1)5-3-7-10-9/h4-7,10-11H,1H2,2-3H3;3,5,7H,1-2,4,6H2;1-7H/b5-4-,9-7-,10-6?;;. The maximum absolute atomic E-state index is 6.73. The Bertz CT molecular complexity index is 944. The Morgan fingerprint density at radius 1 is 1.00 bits per heavy atom. The zero-order valence-electron chi connectivity index (χ0n) is 18.5. The van der Waals surface area contributed by atoms with Gasteiger partial charge in [-0.3, -0.25) is 9.97 Å². The van der Waals surface area contributed by atoms with E-state index in [1.807, 2.05) is 62.8 Å². The number of aryl methyl sites for hydroxylation is 2. The van der Waals surface area contributed by atoms with Crippen LogP contribution < -0.4 is 5.32 Å². The molecular weight excluding hydrogens is 380 g/mol. The fourth-order valence-corrected chi connectivity index (χ4v) is 3.12. The summed E-state index contributed by atoms with van der Waals surface area (Å²) in [5.74, 6) is 0. The molecule has 0 unspecified atom stereocenters. The van der Waals surface area contributed by atoms with Gasteiger partial charge in [-0.05, 0) is 74.1 Å². The van der Waals surface area contributed by atoms with Crippen molar-refractivity contribution >= 4 is 17.1 Å². The van der Waals surface area contributed by atoms with Crippen LogP contribution in [0.5, 0.6) is 0 Å². The van der Waals surface area contributed by atoms with Crippen LogP contribution in [0.3, 0.4) is 0 Å². The lowest BCUT2D eigenvalue weighted by molar-refractivity contribution is 0.668. The first-order valence-electron chi connectivity index (χ1n) is 10.6. The van der Waals surface area contributed by atoms with Crippen molar-refractivity contribution in [1.29, 1.82) is 5.41 Å². The summed E-state index contributed by atoms with van der Waals surface area (Å²) >= 11 is 0. The second-order valence-corrected chi connectivity index (χ2v) is 7.19. The topological polar surface area (TPSA) is 61.7 Å². The number of allylic oxidation sites excluding steroid dienone is 5. The Labute approximate surface area is 186 Å². The van der Waals surface area contributed by atoms with Gasteiger partial charge in [0.1, 0.15) is 0 Å².